The van der Waals surface area contributed by atoms with Crippen molar-refractivity contribution in [3.63, 3.8) is 0 Å². The zero-order chi connectivity index (χ0) is 14.6. The minimum Gasteiger partial charge on any atom is -0.354 e. The summed E-state index contributed by atoms with van der Waals surface area (Å²) >= 11 is 0. The number of benzene rings is 1. The van der Waals surface area contributed by atoms with E-state index >= 15 is 0 Å². The second-order valence-electron chi connectivity index (χ2n) is 6.18. The summed E-state index contributed by atoms with van der Waals surface area (Å²) in [6.45, 7) is 7.93. The molecule has 0 spiro atoms. The van der Waals surface area contributed by atoms with E-state index in [0.717, 1.165) is 31.5 Å². The van der Waals surface area contributed by atoms with Crippen molar-refractivity contribution in [1.82, 2.24) is 10.6 Å². The molecule has 3 nitrogen and oxygen atoms in total. The third-order valence-corrected chi connectivity index (χ3v) is 4.32. The Balaban J connectivity index is 1.97. The van der Waals surface area contributed by atoms with Crippen molar-refractivity contribution in [3.8, 4) is 0 Å². The Morgan fingerprint density at radius 3 is 2.60 bits per heavy atom. The van der Waals surface area contributed by atoms with E-state index in [0.29, 0.717) is 6.04 Å². The summed E-state index contributed by atoms with van der Waals surface area (Å²) in [5, 5.41) is 6.49. The van der Waals surface area contributed by atoms with E-state index in [1.807, 2.05) is 13.8 Å². The lowest BCUT2D eigenvalue weighted by Gasteiger charge is -2.25. The Hall–Kier alpha value is -1.35. The molecule has 1 heterocycles. The summed E-state index contributed by atoms with van der Waals surface area (Å²) < 4.78 is 0. The van der Waals surface area contributed by atoms with Gasteiger partial charge in [-0.1, -0.05) is 31.2 Å². The second-order valence-corrected chi connectivity index (χ2v) is 6.18. The molecule has 2 rings (SSSR count). The molecule has 110 valence electrons. The maximum Gasteiger partial charge on any atom is 0.230 e. The molecule has 0 aromatic heterocycles. The molecule has 0 bridgehead atoms. The van der Waals surface area contributed by atoms with Crippen molar-refractivity contribution in [2.75, 3.05) is 13.1 Å². The summed E-state index contributed by atoms with van der Waals surface area (Å²) in [4.78, 5) is 12.4. The lowest BCUT2D eigenvalue weighted by Crippen LogP contribution is -2.45. The zero-order valence-electron chi connectivity index (χ0n) is 12.8. The Kier molecular flexibility index (Phi) is 4.81. The fraction of sp³-hybridized carbons (Fsp3) is 0.588. The number of aryl methyl sites for hydroxylation is 1. The molecule has 1 aliphatic heterocycles. The molecule has 3 heteroatoms. The van der Waals surface area contributed by atoms with Gasteiger partial charge in [0.15, 0.2) is 0 Å². The normalized spacial score (nSPS) is 19.1. The van der Waals surface area contributed by atoms with Crippen LogP contribution in [-0.2, 0) is 16.6 Å². The largest absolute Gasteiger partial charge is 0.354 e. The highest BCUT2D eigenvalue weighted by Crippen LogP contribution is 2.24. The number of hydrogen-bond acceptors (Lipinski definition) is 2. The predicted octanol–water partition coefficient (Wildman–Crippen LogP) is 2.39. The standard InChI is InChI=1S/C17H26N2O/c1-4-13-7-9-14(10-8-13)17(2,3)16(20)19-12-15-6-5-11-18-15/h7-10,15,18H,4-6,11-12H2,1-3H3,(H,19,20). The van der Waals surface area contributed by atoms with Gasteiger partial charge in [0, 0.05) is 12.6 Å². The average Bonchev–Trinajstić information content (AvgIpc) is 2.98. The monoisotopic (exact) mass is 274 g/mol. The van der Waals surface area contributed by atoms with E-state index in [2.05, 4.69) is 41.8 Å². The topological polar surface area (TPSA) is 41.1 Å². The number of hydrogen-bond donors (Lipinski definition) is 2. The molecule has 1 saturated heterocycles. The van der Waals surface area contributed by atoms with Crippen molar-refractivity contribution in [2.45, 2.75) is 51.5 Å². The van der Waals surface area contributed by atoms with E-state index in [9.17, 15) is 4.79 Å². The van der Waals surface area contributed by atoms with Crippen LogP contribution in [0.25, 0.3) is 0 Å². The van der Waals surface area contributed by atoms with Crippen LogP contribution in [0.15, 0.2) is 24.3 Å². The van der Waals surface area contributed by atoms with Gasteiger partial charge < -0.3 is 10.6 Å². The van der Waals surface area contributed by atoms with Crippen LogP contribution >= 0.6 is 0 Å². The molecule has 1 unspecified atom stereocenters. The average molecular weight is 274 g/mol. The number of carbonyl (C=O) groups excluding carboxylic acids is 1. The number of rotatable bonds is 5. The summed E-state index contributed by atoms with van der Waals surface area (Å²) in [6.07, 6.45) is 3.40. The first-order valence-corrected chi connectivity index (χ1v) is 7.65. The quantitative estimate of drug-likeness (QED) is 0.865. The van der Waals surface area contributed by atoms with Gasteiger partial charge in [-0.25, -0.2) is 0 Å². The van der Waals surface area contributed by atoms with Gasteiger partial charge >= 0.3 is 0 Å². The molecule has 0 saturated carbocycles. The molecule has 2 N–H and O–H groups in total. The van der Waals surface area contributed by atoms with Gasteiger partial charge in [0.1, 0.15) is 0 Å². The van der Waals surface area contributed by atoms with Crippen LogP contribution in [0.5, 0.6) is 0 Å². The summed E-state index contributed by atoms with van der Waals surface area (Å²) in [5.74, 6) is 0.107. The SMILES string of the molecule is CCc1ccc(C(C)(C)C(=O)NCC2CCCN2)cc1. The third kappa shape index (κ3) is 3.40. The Bertz CT molecular complexity index is 445. The summed E-state index contributed by atoms with van der Waals surface area (Å²) in [5.41, 5.74) is 1.90. The maximum atomic E-state index is 12.4. The van der Waals surface area contributed by atoms with Crippen molar-refractivity contribution in [3.05, 3.63) is 35.4 Å². The minimum absolute atomic E-state index is 0.107. The van der Waals surface area contributed by atoms with E-state index in [-0.39, 0.29) is 5.91 Å². The van der Waals surface area contributed by atoms with Crippen molar-refractivity contribution < 1.29 is 4.79 Å². The lowest BCUT2D eigenvalue weighted by atomic mass is 9.83. The molecular weight excluding hydrogens is 248 g/mol. The van der Waals surface area contributed by atoms with E-state index in [1.54, 1.807) is 0 Å². The van der Waals surface area contributed by atoms with Crippen LogP contribution in [0.3, 0.4) is 0 Å². The molecule has 0 aliphatic carbocycles. The molecule has 1 amide bonds. The molecule has 1 atom stereocenters. The van der Waals surface area contributed by atoms with E-state index < -0.39 is 5.41 Å². The van der Waals surface area contributed by atoms with Crippen LogP contribution in [-0.4, -0.2) is 25.0 Å². The maximum absolute atomic E-state index is 12.4. The summed E-state index contributed by atoms with van der Waals surface area (Å²) in [7, 11) is 0. The van der Waals surface area contributed by atoms with Gasteiger partial charge in [0.2, 0.25) is 5.91 Å². The van der Waals surface area contributed by atoms with Crippen LogP contribution in [0.1, 0.15) is 44.7 Å². The van der Waals surface area contributed by atoms with Crippen LogP contribution < -0.4 is 10.6 Å². The lowest BCUT2D eigenvalue weighted by molar-refractivity contribution is -0.125. The Labute approximate surface area is 122 Å². The zero-order valence-corrected chi connectivity index (χ0v) is 12.8. The molecular formula is C17H26N2O. The van der Waals surface area contributed by atoms with Crippen LogP contribution in [0, 0.1) is 0 Å². The first-order valence-electron chi connectivity index (χ1n) is 7.65. The van der Waals surface area contributed by atoms with Crippen LogP contribution in [0.4, 0.5) is 0 Å². The van der Waals surface area contributed by atoms with Gasteiger partial charge in [-0.3, -0.25) is 4.79 Å². The first kappa shape index (κ1) is 15.0. The molecule has 1 aliphatic rings. The number of amides is 1. The Morgan fingerprint density at radius 2 is 2.05 bits per heavy atom. The molecule has 1 aromatic carbocycles. The highest BCUT2D eigenvalue weighted by Gasteiger charge is 2.30. The predicted molar refractivity (Wildman–Crippen MR) is 82.9 cm³/mol. The smallest absolute Gasteiger partial charge is 0.230 e. The second kappa shape index (κ2) is 6.40. The number of carbonyl (C=O) groups is 1. The third-order valence-electron chi connectivity index (χ3n) is 4.32. The van der Waals surface area contributed by atoms with E-state index in [4.69, 9.17) is 0 Å². The highest BCUT2D eigenvalue weighted by molar-refractivity contribution is 5.87. The van der Waals surface area contributed by atoms with Gasteiger partial charge in [-0.05, 0) is 50.8 Å². The van der Waals surface area contributed by atoms with Crippen molar-refractivity contribution in [1.29, 1.82) is 0 Å². The van der Waals surface area contributed by atoms with Gasteiger partial charge in [-0.15, -0.1) is 0 Å². The minimum atomic E-state index is -0.481. The van der Waals surface area contributed by atoms with Crippen molar-refractivity contribution >= 4 is 5.91 Å². The van der Waals surface area contributed by atoms with Crippen molar-refractivity contribution in [2.24, 2.45) is 0 Å². The Morgan fingerprint density at radius 1 is 1.35 bits per heavy atom. The first-order chi connectivity index (χ1) is 9.54. The molecule has 20 heavy (non-hydrogen) atoms. The van der Waals surface area contributed by atoms with Crippen LogP contribution in [0.2, 0.25) is 0 Å². The van der Waals surface area contributed by atoms with E-state index in [1.165, 1.54) is 12.0 Å². The fourth-order valence-corrected chi connectivity index (χ4v) is 2.66. The van der Waals surface area contributed by atoms with Gasteiger partial charge in [0.05, 0.1) is 5.41 Å². The fourth-order valence-electron chi connectivity index (χ4n) is 2.66. The highest BCUT2D eigenvalue weighted by atomic mass is 16.2. The van der Waals surface area contributed by atoms with Gasteiger partial charge in [0.25, 0.3) is 0 Å². The molecule has 1 fully saturated rings. The molecule has 0 radical (unpaired) electrons. The van der Waals surface area contributed by atoms with Gasteiger partial charge in [-0.2, -0.15) is 0 Å². The molecule has 1 aromatic rings. The number of nitrogens with one attached hydrogen (secondary N) is 2. The summed E-state index contributed by atoms with van der Waals surface area (Å²) in [6, 6.07) is 8.82.